The second-order valence-electron chi connectivity index (χ2n) is 4.78. The second kappa shape index (κ2) is 5.65. The Balaban J connectivity index is 2.04. The third-order valence-corrected chi connectivity index (χ3v) is 3.08. The van der Waals surface area contributed by atoms with Gasteiger partial charge in [-0.2, -0.15) is 0 Å². The van der Waals surface area contributed by atoms with Gasteiger partial charge in [-0.1, -0.05) is 23.8 Å². The number of halogens is 3. The van der Waals surface area contributed by atoms with E-state index in [-0.39, 0.29) is 11.8 Å². The predicted molar refractivity (Wildman–Crippen MR) is 67.5 cm³/mol. The molecular weight excluding hydrogens is 255 g/mol. The molecule has 1 fully saturated rings. The fourth-order valence-electron chi connectivity index (χ4n) is 2.26. The maximum absolute atomic E-state index is 12.0. The van der Waals surface area contributed by atoms with Gasteiger partial charge in [-0.15, -0.1) is 13.2 Å². The number of hydrogen-bond donors (Lipinski definition) is 1. The summed E-state index contributed by atoms with van der Waals surface area (Å²) in [6.07, 6.45) is 1.33. The summed E-state index contributed by atoms with van der Waals surface area (Å²) in [7, 11) is 0. The summed E-state index contributed by atoms with van der Waals surface area (Å²) in [6.45, 7) is 0. The van der Waals surface area contributed by atoms with E-state index in [0.717, 1.165) is 31.2 Å². The van der Waals surface area contributed by atoms with E-state index < -0.39 is 6.36 Å². The van der Waals surface area contributed by atoms with E-state index in [9.17, 15) is 13.2 Å². The molecule has 2 nitrogen and oxygen atoms in total. The minimum atomic E-state index is -4.64. The van der Waals surface area contributed by atoms with Crippen LogP contribution in [0.25, 0.3) is 6.08 Å². The molecule has 1 atom stereocenters. The lowest BCUT2D eigenvalue weighted by Crippen LogP contribution is -2.23. The first-order valence-corrected chi connectivity index (χ1v) is 6.23. The molecule has 0 spiro atoms. The van der Waals surface area contributed by atoms with Gasteiger partial charge in [0.15, 0.2) is 0 Å². The van der Waals surface area contributed by atoms with Crippen molar-refractivity contribution >= 4 is 6.08 Å². The molecule has 0 aliphatic heterocycles. The van der Waals surface area contributed by atoms with Crippen molar-refractivity contribution in [2.45, 2.75) is 38.1 Å². The fourth-order valence-corrected chi connectivity index (χ4v) is 2.26. The van der Waals surface area contributed by atoms with Gasteiger partial charge in [0.05, 0.1) is 0 Å². The van der Waals surface area contributed by atoms with Crippen LogP contribution < -0.4 is 10.5 Å². The molecule has 0 amide bonds. The summed E-state index contributed by atoms with van der Waals surface area (Å²) < 4.78 is 39.9. The Morgan fingerprint density at radius 2 is 1.89 bits per heavy atom. The van der Waals surface area contributed by atoms with Crippen LogP contribution in [0.15, 0.2) is 29.8 Å². The highest BCUT2D eigenvalue weighted by Gasteiger charge is 2.30. The molecular formula is C14H16F3NO. The van der Waals surface area contributed by atoms with Crippen LogP contribution in [-0.2, 0) is 0 Å². The Morgan fingerprint density at radius 3 is 2.47 bits per heavy atom. The quantitative estimate of drug-likeness (QED) is 0.886. The Hall–Kier alpha value is -1.49. The van der Waals surface area contributed by atoms with E-state index in [1.165, 1.54) is 17.7 Å². The van der Waals surface area contributed by atoms with Crippen molar-refractivity contribution in [3.63, 3.8) is 0 Å². The summed E-state index contributed by atoms with van der Waals surface area (Å²) >= 11 is 0. The number of alkyl halides is 3. The molecule has 19 heavy (non-hydrogen) atoms. The van der Waals surface area contributed by atoms with Gasteiger partial charge in [-0.05, 0) is 43.4 Å². The van der Waals surface area contributed by atoms with Crippen LogP contribution in [0.4, 0.5) is 13.2 Å². The maximum Gasteiger partial charge on any atom is 0.573 e. The van der Waals surface area contributed by atoms with E-state index in [1.807, 2.05) is 6.08 Å². The SMILES string of the molecule is NC1CCCC(=Cc2ccc(OC(F)(F)F)cc2)C1. The van der Waals surface area contributed by atoms with Crippen LogP contribution in [0, 0.1) is 0 Å². The van der Waals surface area contributed by atoms with E-state index in [4.69, 9.17) is 5.73 Å². The summed E-state index contributed by atoms with van der Waals surface area (Å²) in [6, 6.07) is 6.08. The normalized spacial score (nSPS) is 22.5. The van der Waals surface area contributed by atoms with Crippen LogP contribution in [-0.4, -0.2) is 12.4 Å². The average Bonchev–Trinajstić information content (AvgIpc) is 2.30. The summed E-state index contributed by atoms with van der Waals surface area (Å²) in [5.74, 6) is -0.199. The molecule has 0 bridgehead atoms. The topological polar surface area (TPSA) is 35.2 Å². The molecule has 1 aromatic rings. The van der Waals surface area contributed by atoms with Gasteiger partial charge in [0.1, 0.15) is 5.75 Å². The first-order chi connectivity index (χ1) is 8.92. The largest absolute Gasteiger partial charge is 0.573 e. The van der Waals surface area contributed by atoms with Crippen LogP contribution in [0.5, 0.6) is 5.75 Å². The van der Waals surface area contributed by atoms with Crippen LogP contribution in [0.2, 0.25) is 0 Å². The molecule has 0 saturated heterocycles. The molecule has 1 aliphatic carbocycles. The van der Waals surface area contributed by atoms with Crippen molar-refractivity contribution in [3.05, 3.63) is 35.4 Å². The first-order valence-electron chi connectivity index (χ1n) is 6.23. The van der Waals surface area contributed by atoms with Gasteiger partial charge >= 0.3 is 6.36 Å². The molecule has 0 aromatic heterocycles. The van der Waals surface area contributed by atoms with Crippen LogP contribution >= 0.6 is 0 Å². The minimum Gasteiger partial charge on any atom is -0.406 e. The second-order valence-corrected chi connectivity index (χ2v) is 4.78. The third-order valence-electron chi connectivity index (χ3n) is 3.08. The first kappa shape index (κ1) is 13.9. The van der Waals surface area contributed by atoms with Crippen molar-refractivity contribution in [3.8, 4) is 5.75 Å². The predicted octanol–water partition coefficient (Wildman–Crippen LogP) is 3.87. The molecule has 2 rings (SSSR count). The van der Waals surface area contributed by atoms with E-state index in [1.54, 1.807) is 12.1 Å². The Kier molecular flexibility index (Phi) is 4.14. The van der Waals surface area contributed by atoms with Gasteiger partial charge in [-0.3, -0.25) is 0 Å². The molecule has 1 unspecified atom stereocenters. The van der Waals surface area contributed by atoms with E-state index in [0.29, 0.717) is 0 Å². The lowest BCUT2D eigenvalue weighted by Gasteiger charge is -2.20. The molecule has 1 aliphatic rings. The number of nitrogens with two attached hydrogens (primary N) is 1. The lowest BCUT2D eigenvalue weighted by molar-refractivity contribution is -0.274. The van der Waals surface area contributed by atoms with Crippen LogP contribution in [0.1, 0.15) is 31.2 Å². The molecule has 5 heteroatoms. The molecule has 1 aromatic carbocycles. The monoisotopic (exact) mass is 271 g/mol. The molecule has 0 radical (unpaired) electrons. The molecule has 104 valence electrons. The molecule has 2 N–H and O–H groups in total. The summed E-state index contributed by atoms with van der Waals surface area (Å²) in [5.41, 5.74) is 8.01. The molecule has 0 heterocycles. The van der Waals surface area contributed by atoms with Crippen molar-refractivity contribution in [1.82, 2.24) is 0 Å². The highest BCUT2D eigenvalue weighted by atomic mass is 19.4. The van der Waals surface area contributed by atoms with Crippen LogP contribution in [0.3, 0.4) is 0 Å². The van der Waals surface area contributed by atoms with Gasteiger partial charge in [-0.25, -0.2) is 0 Å². The summed E-state index contributed by atoms with van der Waals surface area (Å²) in [4.78, 5) is 0. The number of benzene rings is 1. The Morgan fingerprint density at radius 1 is 1.21 bits per heavy atom. The number of hydrogen-bond acceptors (Lipinski definition) is 2. The maximum atomic E-state index is 12.0. The zero-order chi connectivity index (χ0) is 13.9. The van der Waals surface area contributed by atoms with E-state index >= 15 is 0 Å². The lowest BCUT2D eigenvalue weighted by atomic mass is 9.90. The third kappa shape index (κ3) is 4.59. The smallest absolute Gasteiger partial charge is 0.406 e. The van der Waals surface area contributed by atoms with Crippen molar-refractivity contribution < 1.29 is 17.9 Å². The Bertz CT molecular complexity index is 451. The average molecular weight is 271 g/mol. The van der Waals surface area contributed by atoms with Gasteiger partial charge in [0, 0.05) is 6.04 Å². The van der Waals surface area contributed by atoms with Gasteiger partial charge in [0.2, 0.25) is 0 Å². The van der Waals surface area contributed by atoms with Gasteiger partial charge in [0.25, 0.3) is 0 Å². The minimum absolute atomic E-state index is 0.199. The zero-order valence-corrected chi connectivity index (χ0v) is 10.4. The van der Waals surface area contributed by atoms with Crippen molar-refractivity contribution in [1.29, 1.82) is 0 Å². The standard InChI is InChI=1S/C14H16F3NO/c15-14(16,17)19-13-6-4-10(5-7-13)8-11-2-1-3-12(18)9-11/h4-8,12H,1-3,9,18H2. The summed E-state index contributed by atoms with van der Waals surface area (Å²) in [5, 5.41) is 0. The zero-order valence-electron chi connectivity index (χ0n) is 10.4. The highest BCUT2D eigenvalue weighted by Crippen LogP contribution is 2.26. The number of rotatable bonds is 2. The highest BCUT2D eigenvalue weighted by molar-refractivity contribution is 5.54. The van der Waals surface area contributed by atoms with Gasteiger partial charge < -0.3 is 10.5 Å². The number of ether oxygens (including phenoxy) is 1. The van der Waals surface area contributed by atoms with Crippen molar-refractivity contribution in [2.24, 2.45) is 5.73 Å². The molecule has 1 saturated carbocycles. The fraction of sp³-hybridized carbons (Fsp3) is 0.429. The van der Waals surface area contributed by atoms with E-state index in [2.05, 4.69) is 4.74 Å². The Labute approximate surface area is 110 Å². The van der Waals surface area contributed by atoms with Crippen molar-refractivity contribution in [2.75, 3.05) is 0 Å².